The summed E-state index contributed by atoms with van der Waals surface area (Å²) in [7, 11) is 1.56. The number of hydrogen-bond acceptors (Lipinski definition) is 4. The Hall–Kier alpha value is -3.08. The normalized spacial score (nSPS) is 13.0. The quantitative estimate of drug-likeness (QED) is 0.527. The van der Waals surface area contributed by atoms with Crippen molar-refractivity contribution in [2.45, 2.75) is 39.2 Å². The van der Waals surface area contributed by atoms with Crippen molar-refractivity contribution in [1.82, 2.24) is 0 Å². The topological polar surface area (TPSA) is 64.6 Å². The standard InChI is InChI=1S/C23H27NO4/c1-5-16(2)19-11-7-8-12-20(19)24-23(26)17(3)28-22(25)15-14-18-10-6-9-13-21(18)27-4/h6-17H,5H2,1-4H3,(H,24,26)/b15-14+/t16-,17+/m1/s1. The van der Waals surface area contributed by atoms with Crippen LogP contribution < -0.4 is 10.1 Å². The van der Waals surface area contributed by atoms with Gasteiger partial charge in [0.25, 0.3) is 5.91 Å². The van der Waals surface area contributed by atoms with Gasteiger partial charge in [-0.2, -0.15) is 0 Å². The maximum atomic E-state index is 12.5. The average Bonchev–Trinajstić information content (AvgIpc) is 2.72. The zero-order chi connectivity index (χ0) is 20.5. The molecule has 0 saturated carbocycles. The summed E-state index contributed by atoms with van der Waals surface area (Å²) in [6.45, 7) is 5.76. The number of amides is 1. The predicted molar refractivity (Wildman–Crippen MR) is 111 cm³/mol. The molecule has 28 heavy (non-hydrogen) atoms. The number of rotatable bonds is 8. The molecule has 2 aromatic carbocycles. The van der Waals surface area contributed by atoms with Gasteiger partial charge in [0.15, 0.2) is 6.10 Å². The fourth-order valence-corrected chi connectivity index (χ4v) is 2.72. The van der Waals surface area contributed by atoms with Gasteiger partial charge in [0.1, 0.15) is 5.75 Å². The van der Waals surface area contributed by atoms with E-state index < -0.39 is 12.1 Å². The maximum Gasteiger partial charge on any atom is 0.331 e. The number of benzene rings is 2. The van der Waals surface area contributed by atoms with Gasteiger partial charge in [-0.3, -0.25) is 4.79 Å². The Kier molecular flexibility index (Phi) is 7.81. The molecular formula is C23H27NO4. The van der Waals surface area contributed by atoms with Crippen LogP contribution in [0, 0.1) is 0 Å². The molecule has 1 amide bonds. The molecule has 0 aromatic heterocycles. The summed E-state index contributed by atoms with van der Waals surface area (Å²) in [6.07, 6.45) is 2.93. The van der Waals surface area contributed by atoms with Crippen molar-refractivity contribution in [2.75, 3.05) is 12.4 Å². The van der Waals surface area contributed by atoms with E-state index in [9.17, 15) is 9.59 Å². The summed E-state index contributed by atoms with van der Waals surface area (Å²) in [5.41, 5.74) is 2.56. The predicted octanol–water partition coefficient (Wildman–Crippen LogP) is 4.79. The highest BCUT2D eigenvalue weighted by molar-refractivity contribution is 5.97. The molecule has 5 nitrogen and oxygen atoms in total. The Balaban J connectivity index is 1.99. The SMILES string of the molecule is CC[C@@H](C)c1ccccc1NC(=O)[C@H](C)OC(=O)/C=C/c1ccccc1OC. The molecule has 0 bridgehead atoms. The molecule has 0 spiro atoms. The van der Waals surface area contributed by atoms with Gasteiger partial charge in [-0.15, -0.1) is 0 Å². The van der Waals surface area contributed by atoms with Crippen LogP contribution in [-0.2, 0) is 14.3 Å². The number of nitrogens with one attached hydrogen (secondary N) is 1. The van der Waals surface area contributed by atoms with E-state index in [2.05, 4.69) is 19.2 Å². The highest BCUT2D eigenvalue weighted by Gasteiger charge is 2.19. The molecule has 1 N–H and O–H groups in total. The van der Waals surface area contributed by atoms with Gasteiger partial charge in [0.05, 0.1) is 7.11 Å². The van der Waals surface area contributed by atoms with E-state index >= 15 is 0 Å². The van der Waals surface area contributed by atoms with Crippen molar-refractivity contribution in [3.63, 3.8) is 0 Å². The van der Waals surface area contributed by atoms with E-state index in [0.29, 0.717) is 11.7 Å². The Morgan fingerprint density at radius 2 is 1.75 bits per heavy atom. The minimum absolute atomic E-state index is 0.318. The number of para-hydroxylation sites is 2. The van der Waals surface area contributed by atoms with Crippen molar-refractivity contribution in [2.24, 2.45) is 0 Å². The third kappa shape index (κ3) is 5.71. The first-order valence-corrected chi connectivity index (χ1v) is 9.37. The second-order valence-electron chi connectivity index (χ2n) is 6.54. The smallest absolute Gasteiger partial charge is 0.331 e. The summed E-state index contributed by atoms with van der Waals surface area (Å²) in [5.74, 6) is 0.00990. The van der Waals surface area contributed by atoms with Crippen LogP contribution in [0.4, 0.5) is 5.69 Å². The van der Waals surface area contributed by atoms with Gasteiger partial charge in [0.2, 0.25) is 0 Å². The minimum atomic E-state index is -0.917. The second-order valence-corrected chi connectivity index (χ2v) is 6.54. The number of methoxy groups -OCH3 is 1. The molecule has 0 fully saturated rings. The number of esters is 1. The van der Waals surface area contributed by atoms with E-state index in [0.717, 1.165) is 23.2 Å². The zero-order valence-corrected chi connectivity index (χ0v) is 16.8. The lowest BCUT2D eigenvalue weighted by molar-refractivity contribution is -0.148. The Bertz CT molecular complexity index is 844. The zero-order valence-electron chi connectivity index (χ0n) is 16.8. The molecule has 2 atom stereocenters. The first-order valence-electron chi connectivity index (χ1n) is 9.37. The average molecular weight is 381 g/mol. The maximum absolute atomic E-state index is 12.5. The van der Waals surface area contributed by atoms with E-state index in [1.807, 2.05) is 42.5 Å². The molecule has 0 aliphatic heterocycles. The van der Waals surface area contributed by atoms with Gasteiger partial charge in [-0.05, 0) is 43.0 Å². The minimum Gasteiger partial charge on any atom is -0.496 e. The molecule has 2 rings (SSSR count). The summed E-state index contributed by atoms with van der Waals surface area (Å²) in [6, 6.07) is 15.0. The van der Waals surface area contributed by atoms with Gasteiger partial charge in [-0.25, -0.2) is 4.79 Å². The summed E-state index contributed by atoms with van der Waals surface area (Å²) in [4.78, 5) is 24.5. The Labute approximate surface area is 166 Å². The van der Waals surface area contributed by atoms with Crippen LogP contribution in [0.5, 0.6) is 5.75 Å². The molecule has 0 aliphatic rings. The molecule has 2 aromatic rings. The third-order valence-electron chi connectivity index (χ3n) is 4.56. The second kappa shape index (κ2) is 10.3. The first kappa shape index (κ1) is 21.2. The fourth-order valence-electron chi connectivity index (χ4n) is 2.72. The first-order chi connectivity index (χ1) is 13.5. The number of carbonyl (C=O) groups excluding carboxylic acids is 2. The van der Waals surface area contributed by atoms with Crippen LogP contribution >= 0.6 is 0 Å². The van der Waals surface area contributed by atoms with Crippen molar-refractivity contribution >= 4 is 23.6 Å². The van der Waals surface area contributed by atoms with Crippen molar-refractivity contribution < 1.29 is 19.1 Å². The lowest BCUT2D eigenvalue weighted by Crippen LogP contribution is -2.29. The van der Waals surface area contributed by atoms with E-state index in [4.69, 9.17) is 9.47 Å². The van der Waals surface area contributed by atoms with Crippen LogP contribution in [0.1, 0.15) is 44.2 Å². The molecule has 0 saturated heterocycles. The van der Waals surface area contributed by atoms with Crippen molar-refractivity contribution in [1.29, 1.82) is 0 Å². The summed E-state index contributed by atoms with van der Waals surface area (Å²) in [5, 5.41) is 2.86. The molecule has 0 heterocycles. The number of anilines is 1. The van der Waals surface area contributed by atoms with Gasteiger partial charge in [-0.1, -0.05) is 50.2 Å². The van der Waals surface area contributed by atoms with Gasteiger partial charge < -0.3 is 14.8 Å². The molecule has 5 heteroatoms. The van der Waals surface area contributed by atoms with Crippen molar-refractivity contribution in [3.8, 4) is 5.75 Å². The molecule has 0 aliphatic carbocycles. The summed E-state index contributed by atoms with van der Waals surface area (Å²) >= 11 is 0. The molecular weight excluding hydrogens is 354 g/mol. The van der Waals surface area contributed by atoms with Crippen LogP contribution in [-0.4, -0.2) is 25.1 Å². The van der Waals surface area contributed by atoms with E-state index in [-0.39, 0.29) is 5.91 Å². The number of carbonyl (C=O) groups is 2. The highest BCUT2D eigenvalue weighted by Crippen LogP contribution is 2.26. The third-order valence-corrected chi connectivity index (χ3v) is 4.56. The lowest BCUT2D eigenvalue weighted by atomic mass is 9.97. The lowest BCUT2D eigenvalue weighted by Gasteiger charge is -2.17. The van der Waals surface area contributed by atoms with Crippen molar-refractivity contribution in [3.05, 3.63) is 65.7 Å². The molecule has 0 unspecified atom stereocenters. The van der Waals surface area contributed by atoms with Crippen LogP contribution in [0.2, 0.25) is 0 Å². The van der Waals surface area contributed by atoms with Gasteiger partial charge >= 0.3 is 5.97 Å². The van der Waals surface area contributed by atoms with E-state index in [1.165, 1.54) is 6.08 Å². The number of ether oxygens (including phenoxy) is 2. The molecule has 0 radical (unpaired) electrons. The Morgan fingerprint density at radius 1 is 1.07 bits per heavy atom. The highest BCUT2D eigenvalue weighted by atomic mass is 16.5. The summed E-state index contributed by atoms with van der Waals surface area (Å²) < 4.78 is 10.5. The van der Waals surface area contributed by atoms with Crippen LogP contribution in [0.25, 0.3) is 6.08 Å². The van der Waals surface area contributed by atoms with Gasteiger partial charge in [0, 0.05) is 17.3 Å². The molecule has 148 valence electrons. The Morgan fingerprint density at radius 3 is 2.46 bits per heavy atom. The fraction of sp³-hybridized carbons (Fsp3) is 0.304. The largest absolute Gasteiger partial charge is 0.496 e. The number of hydrogen-bond donors (Lipinski definition) is 1. The van der Waals surface area contributed by atoms with Crippen LogP contribution in [0.3, 0.4) is 0 Å². The monoisotopic (exact) mass is 381 g/mol. The van der Waals surface area contributed by atoms with E-state index in [1.54, 1.807) is 26.2 Å². The van der Waals surface area contributed by atoms with Crippen LogP contribution in [0.15, 0.2) is 54.6 Å².